The highest BCUT2D eigenvalue weighted by Crippen LogP contribution is 2.26. The van der Waals surface area contributed by atoms with Crippen LogP contribution in [-0.4, -0.2) is 46.0 Å². The number of nitrogens with one attached hydrogen (secondary N) is 1. The van der Waals surface area contributed by atoms with Gasteiger partial charge in [0.05, 0.1) is 30.4 Å². The van der Waals surface area contributed by atoms with E-state index >= 15 is 0 Å². The monoisotopic (exact) mass is 485 g/mol. The number of benzene rings is 2. The number of ketones is 1. The third-order valence-corrected chi connectivity index (χ3v) is 4.89. The van der Waals surface area contributed by atoms with E-state index in [1.54, 1.807) is 42.5 Å². The standard InChI is InChI=1S/C27H23N3O6/c1-36-26-14-19(7-11-25(26)34)4-8-22(29-30-27(35)20-3-2-12-28-16-20)15-23(32)9-5-18-6-10-24(33)21(13-18)17-31/h2-14,16-17,33-34H,15H2,1H3,(H,30,35)/b8-4+,9-5+,29-22+. The molecule has 0 aliphatic carbocycles. The lowest BCUT2D eigenvalue weighted by atomic mass is 10.1. The van der Waals surface area contributed by atoms with Gasteiger partial charge in [0.2, 0.25) is 0 Å². The molecule has 3 rings (SSSR count). The Hall–Kier alpha value is -5.05. The van der Waals surface area contributed by atoms with Gasteiger partial charge in [0.15, 0.2) is 23.6 Å². The number of aromatic hydroxyl groups is 2. The molecule has 0 saturated heterocycles. The second kappa shape index (κ2) is 12.4. The van der Waals surface area contributed by atoms with Gasteiger partial charge >= 0.3 is 0 Å². The predicted molar refractivity (Wildman–Crippen MR) is 135 cm³/mol. The van der Waals surface area contributed by atoms with Crippen molar-refractivity contribution in [3.8, 4) is 17.2 Å². The molecule has 0 radical (unpaired) electrons. The lowest BCUT2D eigenvalue weighted by Gasteiger charge is -2.05. The summed E-state index contributed by atoms with van der Waals surface area (Å²) in [5.41, 5.74) is 4.31. The number of aromatic nitrogens is 1. The van der Waals surface area contributed by atoms with Gasteiger partial charge in [-0.1, -0.05) is 24.3 Å². The van der Waals surface area contributed by atoms with Gasteiger partial charge in [-0.15, -0.1) is 0 Å². The Bertz CT molecular complexity index is 1350. The van der Waals surface area contributed by atoms with Gasteiger partial charge in [0.25, 0.3) is 5.91 Å². The first-order valence-electron chi connectivity index (χ1n) is 10.7. The van der Waals surface area contributed by atoms with Crippen molar-refractivity contribution in [2.75, 3.05) is 7.11 Å². The van der Waals surface area contributed by atoms with Crippen LogP contribution in [0.2, 0.25) is 0 Å². The summed E-state index contributed by atoms with van der Waals surface area (Å²) >= 11 is 0. The Balaban J connectivity index is 1.80. The summed E-state index contributed by atoms with van der Waals surface area (Å²) in [6, 6.07) is 12.3. The number of hydrogen-bond acceptors (Lipinski definition) is 8. The number of aldehydes is 1. The lowest BCUT2D eigenvalue weighted by molar-refractivity contribution is -0.113. The number of phenols is 2. The number of ether oxygens (including phenoxy) is 1. The van der Waals surface area contributed by atoms with E-state index in [9.17, 15) is 24.6 Å². The van der Waals surface area contributed by atoms with Crippen molar-refractivity contribution in [1.82, 2.24) is 10.4 Å². The van der Waals surface area contributed by atoms with Crippen LogP contribution in [0, 0.1) is 0 Å². The molecule has 3 aromatic rings. The van der Waals surface area contributed by atoms with Crippen LogP contribution in [0.5, 0.6) is 17.2 Å². The number of carbonyl (C=O) groups is 3. The molecule has 0 saturated carbocycles. The molecule has 0 spiro atoms. The summed E-state index contributed by atoms with van der Waals surface area (Å²) < 4.78 is 5.11. The molecule has 2 aromatic carbocycles. The second-order valence-electron chi connectivity index (χ2n) is 7.46. The summed E-state index contributed by atoms with van der Waals surface area (Å²) in [5, 5.41) is 23.5. The first kappa shape index (κ1) is 25.6. The molecule has 36 heavy (non-hydrogen) atoms. The SMILES string of the molecule is COc1cc(/C=C/C(CC(=O)/C=C/c2ccc(O)c(C=O)c2)=N\NC(=O)c2cccnc2)ccc1O. The van der Waals surface area contributed by atoms with Gasteiger partial charge < -0.3 is 14.9 Å². The Morgan fingerprint density at radius 2 is 1.75 bits per heavy atom. The minimum absolute atomic E-state index is 0.0143. The van der Waals surface area contributed by atoms with E-state index in [1.165, 1.54) is 49.9 Å². The first-order chi connectivity index (χ1) is 17.4. The van der Waals surface area contributed by atoms with Gasteiger partial charge in [-0.3, -0.25) is 19.4 Å². The molecular formula is C27H23N3O6. The van der Waals surface area contributed by atoms with Crippen LogP contribution in [-0.2, 0) is 4.79 Å². The number of allylic oxidation sites excluding steroid dienone is 2. The van der Waals surface area contributed by atoms with Crippen LogP contribution in [0.3, 0.4) is 0 Å². The molecule has 9 nitrogen and oxygen atoms in total. The average Bonchev–Trinajstić information content (AvgIpc) is 2.90. The van der Waals surface area contributed by atoms with E-state index in [0.29, 0.717) is 23.0 Å². The molecule has 3 N–H and O–H groups in total. The van der Waals surface area contributed by atoms with Crippen LogP contribution in [0.1, 0.15) is 38.3 Å². The lowest BCUT2D eigenvalue weighted by Crippen LogP contribution is -2.20. The molecule has 0 fully saturated rings. The number of carbonyl (C=O) groups excluding carboxylic acids is 3. The number of rotatable bonds is 10. The molecule has 9 heteroatoms. The third kappa shape index (κ3) is 7.22. The van der Waals surface area contributed by atoms with Gasteiger partial charge in [0.1, 0.15) is 5.75 Å². The summed E-state index contributed by atoms with van der Waals surface area (Å²) in [5.74, 6) is -0.697. The van der Waals surface area contributed by atoms with E-state index in [2.05, 4.69) is 15.5 Å². The highest BCUT2D eigenvalue weighted by atomic mass is 16.5. The number of hydrazone groups is 1. The maximum Gasteiger partial charge on any atom is 0.272 e. The van der Waals surface area contributed by atoms with Crippen LogP contribution in [0.15, 0.2) is 78.2 Å². The van der Waals surface area contributed by atoms with Crippen molar-refractivity contribution in [3.63, 3.8) is 0 Å². The number of methoxy groups -OCH3 is 1. The number of nitrogens with zero attached hydrogens (tertiary/aromatic N) is 2. The van der Waals surface area contributed by atoms with Crippen molar-refractivity contribution in [2.24, 2.45) is 5.10 Å². The van der Waals surface area contributed by atoms with E-state index in [-0.39, 0.29) is 40.7 Å². The Kier molecular flexibility index (Phi) is 8.82. The predicted octanol–water partition coefficient (Wildman–Crippen LogP) is 3.79. The number of pyridine rings is 1. The van der Waals surface area contributed by atoms with Crippen molar-refractivity contribution < 1.29 is 29.3 Å². The fraction of sp³-hybridized carbons (Fsp3) is 0.0741. The van der Waals surface area contributed by atoms with Crippen LogP contribution in [0.25, 0.3) is 12.2 Å². The molecule has 0 bridgehead atoms. The van der Waals surface area contributed by atoms with Crippen molar-refractivity contribution in [3.05, 3.63) is 95.3 Å². The van der Waals surface area contributed by atoms with Crippen LogP contribution in [0.4, 0.5) is 0 Å². The van der Waals surface area contributed by atoms with Crippen molar-refractivity contribution in [1.29, 1.82) is 0 Å². The molecule has 0 aliphatic heterocycles. The summed E-state index contributed by atoms with van der Waals surface area (Å²) in [6.07, 6.45) is 9.35. The summed E-state index contributed by atoms with van der Waals surface area (Å²) in [7, 11) is 1.43. The zero-order valence-corrected chi connectivity index (χ0v) is 19.3. The van der Waals surface area contributed by atoms with E-state index in [1.807, 2.05) is 0 Å². The minimum atomic E-state index is -0.492. The van der Waals surface area contributed by atoms with Gasteiger partial charge in [-0.25, -0.2) is 5.43 Å². The summed E-state index contributed by atoms with van der Waals surface area (Å²) in [6.45, 7) is 0. The fourth-order valence-corrected chi connectivity index (χ4v) is 3.01. The highest BCUT2D eigenvalue weighted by molar-refractivity contribution is 6.13. The van der Waals surface area contributed by atoms with Crippen molar-refractivity contribution in [2.45, 2.75) is 6.42 Å². The smallest absolute Gasteiger partial charge is 0.272 e. The zero-order valence-electron chi connectivity index (χ0n) is 19.3. The maximum atomic E-state index is 12.6. The van der Waals surface area contributed by atoms with Gasteiger partial charge in [-0.05, 0) is 59.7 Å². The Morgan fingerprint density at radius 1 is 1.03 bits per heavy atom. The fourth-order valence-electron chi connectivity index (χ4n) is 3.01. The maximum absolute atomic E-state index is 12.6. The average molecular weight is 485 g/mol. The van der Waals surface area contributed by atoms with Crippen molar-refractivity contribution >= 4 is 35.8 Å². The molecule has 182 valence electrons. The van der Waals surface area contributed by atoms with Gasteiger partial charge in [0, 0.05) is 12.4 Å². The van der Waals surface area contributed by atoms with Gasteiger partial charge in [-0.2, -0.15) is 5.10 Å². The molecular weight excluding hydrogens is 462 g/mol. The highest BCUT2D eigenvalue weighted by Gasteiger charge is 2.08. The topological polar surface area (TPSA) is 138 Å². The molecule has 1 amide bonds. The Labute approximate surface area is 207 Å². The number of hydrogen-bond donors (Lipinski definition) is 3. The van der Waals surface area contributed by atoms with E-state index in [4.69, 9.17) is 4.74 Å². The molecule has 1 aromatic heterocycles. The quantitative estimate of drug-likeness (QED) is 0.172. The second-order valence-corrected chi connectivity index (χ2v) is 7.46. The number of phenolic OH excluding ortho intramolecular Hbond substituents is 2. The first-order valence-corrected chi connectivity index (χ1v) is 10.7. The van der Waals surface area contributed by atoms with E-state index < -0.39 is 5.91 Å². The largest absolute Gasteiger partial charge is 0.507 e. The molecule has 0 atom stereocenters. The third-order valence-electron chi connectivity index (χ3n) is 4.89. The number of amides is 1. The summed E-state index contributed by atoms with van der Waals surface area (Å²) in [4.78, 5) is 39.9. The molecule has 1 heterocycles. The Morgan fingerprint density at radius 3 is 2.44 bits per heavy atom. The molecule has 0 unspecified atom stereocenters. The van der Waals surface area contributed by atoms with E-state index in [0.717, 1.165) is 0 Å². The zero-order chi connectivity index (χ0) is 25.9. The van der Waals surface area contributed by atoms with Crippen LogP contribution >= 0.6 is 0 Å². The molecule has 0 aliphatic rings. The normalized spacial score (nSPS) is 11.5. The van der Waals surface area contributed by atoms with Crippen LogP contribution < -0.4 is 10.2 Å². The minimum Gasteiger partial charge on any atom is -0.507 e.